The van der Waals surface area contributed by atoms with Gasteiger partial charge in [-0.1, -0.05) is 12.1 Å². The van der Waals surface area contributed by atoms with E-state index in [-0.39, 0.29) is 11.4 Å². The van der Waals surface area contributed by atoms with Crippen LogP contribution >= 0.6 is 15.9 Å². The van der Waals surface area contributed by atoms with E-state index in [1.165, 1.54) is 0 Å². The van der Waals surface area contributed by atoms with Gasteiger partial charge in [-0.3, -0.25) is 0 Å². The van der Waals surface area contributed by atoms with Gasteiger partial charge in [-0.25, -0.2) is 17.8 Å². The zero-order valence-corrected chi connectivity index (χ0v) is 18.2. The molecular weight excluding hydrogens is 444 g/mol. The van der Waals surface area contributed by atoms with E-state index in [1.807, 2.05) is 26.8 Å². The number of nitrogens with one attached hydrogen (secondary N) is 2. The van der Waals surface area contributed by atoms with Crippen molar-refractivity contribution in [1.29, 1.82) is 0 Å². The molecule has 0 atom stereocenters. The number of hydrogen-bond donors (Lipinski definition) is 2. The Hall–Kier alpha value is -2.30. The normalized spacial score (nSPS) is 11.6. The average molecular weight is 465 g/mol. The van der Waals surface area contributed by atoms with Crippen molar-refractivity contribution in [2.45, 2.75) is 25.7 Å². The summed E-state index contributed by atoms with van der Waals surface area (Å²) < 4.78 is 29.5. The molecule has 2 N–H and O–H groups in total. The Labute approximate surface area is 172 Å². The molecule has 3 aromatic rings. The van der Waals surface area contributed by atoms with E-state index in [0.29, 0.717) is 22.7 Å². The van der Waals surface area contributed by atoms with Gasteiger partial charge in [0.1, 0.15) is 5.82 Å². The number of hydrogen-bond acceptors (Lipinski definition) is 6. The number of aryl methyl sites for hydroxylation is 1. The van der Waals surface area contributed by atoms with Crippen molar-refractivity contribution in [3.8, 4) is 5.82 Å². The van der Waals surface area contributed by atoms with Crippen molar-refractivity contribution in [3.05, 3.63) is 57.8 Å². The quantitative estimate of drug-likeness (QED) is 0.521. The molecule has 0 saturated carbocycles. The fraction of sp³-hybridized carbons (Fsp3) is 0.278. The molecule has 0 bridgehead atoms. The summed E-state index contributed by atoms with van der Waals surface area (Å²) in [6, 6.07) is 10.3. The van der Waals surface area contributed by atoms with E-state index in [1.54, 1.807) is 35.0 Å². The van der Waals surface area contributed by atoms with Gasteiger partial charge in [0.05, 0.1) is 10.6 Å². The Balaban J connectivity index is 1.57. The molecule has 1 aromatic carbocycles. The maximum Gasteiger partial charge on any atom is 0.241 e. The monoisotopic (exact) mass is 464 g/mol. The predicted molar refractivity (Wildman–Crippen MR) is 111 cm³/mol. The molecule has 10 heteroatoms. The van der Waals surface area contributed by atoms with E-state index >= 15 is 0 Å². The first kappa shape index (κ1) is 20.4. The molecule has 28 heavy (non-hydrogen) atoms. The maximum absolute atomic E-state index is 12.3. The summed E-state index contributed by atoms with van der Waals surface area (Å²) >= 11 is 3.25. The van der Waals surface area contributed by atoms with Gasteiger partial charge in [0.25, 0.3) is 0 Å². The molecule has 0 aliphatic carbocycles. The van der Waals surface area contributed by atoms with Gasteiger partial charge in [-0.05, 0) is 66.5 Å². The lowest BCUT2D eigenvalue weighted by atomic mass is 10.2. The number of benzene rings is 1. The number of rotatable bonds is 7. The number of sulfonamides is 1. The van der Waals surface area contributed by atoms with Crippen LogP contribution in [0.2, 0.25) is 0 Å². The molecule has 2 aromatic heterocycles. The second-order valence-corrected chi connectivity index (χ2v) is 8.83. The summed E-state index contributed by atoms with van der Waals surface area (Å²) in [6.07, 6.45) is 0. The average Bonchev–Trinajstić information content (AvgIpc) is 2.93. The van der Waals surface area contributed by atoms with Gasteiger partial charge in [-0.2, -0.15) is 5.10 Å². The second kappa shape index (κ2) is 8.38. The van der Waals surface area contributed by atoms with Crippen LogP contribution < -0.4 is 10.0 Å². The zero-order chi connectivity index (χ0) is 20.3. The van der Waals surface area contributed by atoms with Crippen LogP contribution in [0.1, 0.15) is 17.0 Å². The molecule has 0 aliphatic heterocycles. The van der Waals surface area contributed by atoms with E-state index in [0.717, 1.165) is 17.0 Å². The minimum absolute atomic E-state index is 0.208. The van der Waals surface area contributed by atoms with E-state index in [2.05, 4.69) is 41.3 Å². The largest absolute Gasteiger partial charge is 0.367 e. The molecule has 0 saturated heterocycles. The third kappa shape index (κ3) is 4.40. The van der Waals surface area contributed by atoms with Crippen LogP contribution in [0.3, 0.4) is 0 Å². The first-order valence-corrected chi connectivity index (χ1v) is 10.9. The van der Waals surface area contributed by atoms with Crippen molar-refractivity contribution >= 4 is 31.8 Å². The Bertz CT molecular complexity index is 1080. The second-order valence-electron chi connectivity index (χ2n) is 6.24. The van der Waals surface area contributed by atoms with Crippen molar-refractivity contribution in [2.24, 2.45) is 0 Å². The van der Waals surface area contributed by atoms with Crippen LogP contribution in [0.5, 0.6) is 0 Å². The first-order chi connectivity index (χ1) is 13.3. The third-order valence-corrected chi connectivity index (χ3v) is 6.84. The van der Waals surface area contributed by atoms with Crippen LogP contribution in [0.15, 0.2) is 45.8 Å². The fourth-order valence-corrected chi connectivity index (χ4v) is 4.63. The molecule has 0 fully saturated rings. The van der Waals surface area contributed by atoms with Gasteiger partial charge in [0.2, 0.25) is 10.0 Å². The molecular formula is C18H21BrN6O2S. The van der Waals surface area contributed by atoms with Crippen molar-refractivity contribution < 1.29 is 8.42 Å². The summed E-state index contributed by atoms with van der Waals surface area (Å²) in [5.74, 6) is 1.19. The highest BCUT2D eigenvalue weighted by Crippen LogP contribution is 2.20. The minimum Gasteiger partial charge on any atom is -0.367 e. The summed E-state index contributed by atoms with van der Waals surface area (Å²) in [6.45, 7) is 6.55. The molecule has 2 heterocycles. The van der Waals surface area contributed by atoms with Crippen LogP contribution in [0.4, 0.5) is 5.82 Å². The Morgan fingerprint density at radius 1 is 1.04 bits per heavy atom. The lowest BCUT2D eigenvalue weighted by molar-refractivity contribution is 0.582. The molecule has 148 valence electrons. The highest BCUT2D eigenvalue weighted by atomic mass is 79.9. The van der Waals surface area contributed by atoms with Gasteiger partial charge in [-0.15, -0.1) is 10.2 Å². The van der Waals surface area contributed by atoms with E-state index in [4.69, 9.17) is 0 Å². The van der Waals surface area contributed by atoms with Crippen molar-refractivity contribution in [2.75, 3.05) is 18.4 Å². The molecule has 0 aliphatic rings. The summed E-state index contributed by atoms with van der Waals surface area (Å²) in [5, 5.41) is 15.8. The molecule has 3 rings (SSSR count). The van der Waals surface area contributed by atoms with E-state index < -0.39 is 10.0 Å². The molecule has 0 amide bonds. The fourth-order valence-electron chi connectivity index (χ4n) is 2.59. The lowest BCUT2D eigenvalue weighted by Crippen LogP contribution is -2.29. The number of halogens is 1. The highest BCUT2D eigenvalue weighted by molar-refractivity contribution is 9.10. The molecule has 8 nitrogen and oxygen atoms in total. The van der Waals surface area contributed by atoms with Gasteiger partial charge in [0.15, 0.2) is 5.82 Å². The van der Waals surface area contributed by atoms with Crippen molar-refractivity contribution in [3.63, 3.8) is 0 Å². The van der Waals surface area contributed by atoms with E-state index in [9.17, 15) is 8.42 Å². The molecule has 0 spiro atoms. The van der Waals surface area contributed by atoms with Crippen LogP contribution in [0.25, 0.3) is 5.82 Å². The van der Waals surface area contributed by atoms with Gasteiger partial charge < -0.3 is 5.32 Å². The smallest absolute Gasteiger partial charge is 0.241 e. The van der Waals surface area contributed by atoms with Crippen LogP contribution in [-0.4, -0.2) is 41.5 Å². The standard InChI is InChI=1S/C18H21BrN6O2S/c1-12-13(2)24-25(14(12)3)18-9-8-17(22-23-18)20-10-11-21-28(26,27)16-7-5-4-6-15(16)19/h4-9,21H,10-11H2,1-3H3,(H,20,22). The Kier molecular flexibility index (Phi) is 6.11. The third-order valence-electron chi connectivity index (χ3n) is 4.37. The molecule has 0 unspecified atom stereocenters. The molecule has 0 radical (unpaired) electrons. The van der Waals surface area contributed by atoms with Crippen LogP contribution in [0, 0.1) is 20.8 Å². The highest BCUT2D eigenvalue weighted by Gasteiger charge is 2.16. The van der Waals surface area contributed by atoms with Gasteiger partial charge >= 0.3 is 0 Å². The predicted octanol–water partition coefficient (Wildman–Crippen LogP) is 2.74. The van der Waals surface area contributed by atoms with Crippen LogP contribution in [-0.2, 0) is 10.0 Å². The zero-order valence-electron chi connectivity index (χ0n) is 15.8. The number of nitrogens with zero attached hydrogens (tertiary/aromatic N) is 4. The minimum atomic E-state index is -3.58. The number of aromatic nitrogens is 4. The first-order valence-electron chi connectivity index (χ1n) is 8.64. The Morgan fingerprint density at radius 2 is 1.79 bits per heavy atom. The maximum atomic E-state index is 12.3. The van der Waals surface area contributed by atoms with Gasteiger partial charge in [0, 0.05) is 23.3 Å². The van der Waals surface area contributed by atoms with Crippen molar-refractivity contribution in [1.82, 2.24) is 24.7 Å². The SMILES string of the molecule is Cc1nn(-c2ccc(NCCNS(=O)(=O)c3ccccc3Br)nn2)c(C)c1C. The topological polar surface area (TPSA) is 102 Å². The summed E-state index contributed by atoms with van der Waals surface area (Å²) in [5.41, 5.74) is 3.11. The summed E-state index contributed by atoms with van der Waals surface area (Å²) in [7, 11) is -3.58. The Morgan fingerprint density at radius 3 is 2.39 bits per heavy atom. The summed E-state index contributed by atoms with van der Waals surface area (Å²) in [4.78, 5) is 0.208. The number of anilines is 1. The lowest BCUT2D eigenvalue weighted by Gasteiger charge is -2.09.